The smallest absolute Gasteiger partial charge is 0.224 e. The zero-order chi connectivity index (χ0) is 19.4. The fraction of sp³-hybridized carbons (Fsp3) is 0.571. The van der Waals surface area contributed by atoms with Crippen molar-refractivity contribution in [3.8, 4) is 0 Å². The third-order valence-electron chi connectivity index (χ3n) is 5.38. The van der Waals surface area contributed by atoms with Gasteiger partial charge in [0.1, 0.15) is 0 Å². The number of benzene rings is 1. The Kier molecular flexibility index (Phi) is 6.14. The summed E-state index contributed by atoms with van der Waals surface area (Å²) in [6.07, 6.45) is 3.83. The van der Waals surface area contributed by atoms with Gasteiger partial charge in [-0.3, -0.25) is 14.4 Å². The Morgan fingerprint density at radius 3 is 2.26 bits per heavy atom. The van der Waals surface area contributed by atoms with Crippen molar-refractivity contribution < 1.29 is 14.4 Å². The SMILES string of the molecule is CC(=O)NC(CC(=O)N1CCC(C(=O)NC2CC2)CC1)c1ccc(C)cc1. The van der Waals surface area contributed by atoms with Gasteiger partial charge in [-0.25, -0.2) is 0 Å². The highest BCUT2D eigenvalue weighted by Crippen LogP contribution is 2.24. The first kappa shape index (κ1) is 19.4. The van der Waals surface area contributed by atoms with E-state index in [2.05, 4.69) is 10.6 Å². The fourth-order valence-corrected chi connectivity index (χ4v) is 3.54. The molecule has 1 aromatic carbocycles. The standard InChI is InChI=1S/C21H29N3O3/c1-14-3-5-16(6-4-14)19(22-15(2)25)13-20(26)24-11-9-17(10-12-24)21(27)23-18-7-8-18/h3-6,17-19H,7-13H2,1-2H3,(H,22,25)(H,23,27). The van der Waals surface area contributed by atoms with Gasteiger partial charge in [0.15, 0.2) is 0 Å². The molecule has 0 radical (unpaired) electrons. The molecule has 2 aliphatic rings. The molecule has 1 saturated heterocycles. The Morgan fingerprint density at radius 2 is 1.70 bits per heavy atom. The summed E-state index contributed by atoms with van der Waals surface area (Å²) in [5.74, 6) is 0.0254. The summed E-state index contributed by atoms with van der Waals surface area (Å²) < 4.78 is 0. The first-order chi connectivity index (χ1) is 12.9. The number of carbonyl (C=O) groups is 3. The predicted molar refractivity (Wildman–Crippen MR) is 103 cm³/mol. The molecule has 2 fully saturated rings. The summed E-state index contributed by atoms with van der Waals surface area (Å²) in [6.45, 7) is 4.67. The second-order valence-electron chi connectivity index (χ2n) is 7.81. The van der Waals surface area contributed by atoms with Crippen LogP contribution in [0.1, 0.15) is 56.2 Å². The van der Waals surface area contributed by atoms with Crippen LogP contribution < -0.4 is 10.6 Å². The van der Waals surface area contributed by atoms with Crippen LogP contribution in [0.2, 0.25) is 0 Å². The van der Waals surface area contributed by atoms with Crippen LogP contribution in [0.5, 0.6) is 0 Å². The Hall–Kier alpha value is -2.37. The lowest BCUT2D eigenvalue weighted by molar-refractivity contribution is -0.136. The van der Waals surface area contributed by atoms with Gasteiger partial charge < -0.3 is 15.5 Å². The maximum absolute atomic E-state index is 12.8. The van der Waals surface area contributed by atoms with Crippen LogP contribution >= 0.6 is 0 Å². The van der Waals surface area contributed by atoms with Crippen LogP contribution in [-0.2, 0) is 14.4 Å². The number of piperidine rings is 1. The van der Waals surface area contributed by atoms with Crippen LogP contribution in [-0.4, -0.2) is 41.8 Å². The molecule has 146 valence electrons. The van der Waals surface area contributed by atoms with Gasteiger partial charge in [-0.15, -0.1) is 0 Å². The molecule has 1 unspecified atom stereocenters. The number of nitrogens with one attached hydrogen (secondary N) is 2. The minimum Gasteiger partial charge on any atom is -0.353 e. The quantitative estimate of drug-likeness (QED) is 0.804. The molecule has 1 aromatic rings. The van der Waals surface area contributed by atoms with Gasteiger partial charge in [0, 0.05) is 32.0 Å². The molecule has 0 bridgehead atoms. The van der Waals surface area contributed by atoms with Gasteiger partial charge in [-0.2, -0.15) is 0 Å². The van der Waals surface area contributed by atoms with Gasteiger partial charge in [-0.05, 0) is 38.2 Å². The van der Waals surface area contributed by atoms with Crippen molar-refractivity contribution in [3.05, 3.63) is 35.4 Å². The zero-order valence-corrected chi connectivity index (χ0v) is 16.2. The van der Waals surface area contributed by atoms with Crippen LogP contribution in [0, 0.1) is 12.8 Å². The minimum atomic E-state index is -0.327. The van der Waals surface area contributed by atoms with E-state index < -0.39 is 0 Å². The summed E-state index contributed by atoms with van der Waals surface area (Å²) in [5, 5.41) is 5.95. The number of likely N-dealkylation sites (tertiary alicyclic amines) is 1. The van der Waals surface area contributed by atoms with E-state index in [1.807, 2.05) is 36.1 Å². The second-order valence-corrected chi connectivity index (χ2v) is 7.81. The number of carbonyl (C=O) groups excluding carboxylic acids is 3. The zero-order valence-electron chi connectivity index (χ0n) is 16.2. The number of hydrogen-bond donors (Lipinski definition) is 2. The molecule has 1 aliphatic heterocycles. The molecule has 6 nitrogen and oxygen atoms in total. The molecule has 1 saturated carbocycles. The van der Waals surface area contributed by atoms with Gasteiger partial charge in [0.2, 0.25) is 17.7 Å². The molecule has 3 amide bonds. The largest absolute Gasteiger partial charge is 0.353 e. The number of amides is 3. The van der Waals surface area contributed by atoms with Crippen molar-refractivity contribution in [2.24, 2.45) is 5.92 Å². The lowest BCUT2D eigenvalue weighted by Crippen LogP contribution is -2.44. The topological polar surface area (TPSA) is 78.5 Å². The average molecular weight is 371 g/mol. The van der Waals surface area contributed by atoms with Crippen LogP contribution in [0.4, 0.5) is 0 Å². The number of aryl methyl sites for hydroxylation is 1. The summed E-state index contributed by atoms with van der Waals surface area (Å²) >= 11 is 0. The Labute approximate surface area is 160 Å². The lowest BCUT2D eigenvalue weighted by Gasteiger charge is -2.32. The van der Waals surface area contributed by atoms with Gasteiger partial charge in [0.05, 0.1) is 12.5 Å². The van der Waals surface area contributed by atoms with Gasteiger partial charge in [-0.1, -0.05) is 29.8 Å². The van der Waals surface area contributed by atoms with Gasteiger partial charge >= 0.3 is 0 Å². The molecule has 0 spiro atoms. The van der Waals surface area contributed by atoms with Crippen molar-refractivity contribution >= 4 is 17.7 Å². The number of hydrogen-bond acceptors (Lipinski definition) is 3. The van der Waals surface area contributed by atoms with E-state index in [1.165, 1.54) is 6.92 Å². The van der Waals surface area contributed by atoms with Crippen LogP contribution in [0.25, 0.3) is 0 Å². The van der Waals surface area contributed by atoms with Crippen LogP contribution in [0.15, 0.2) is 24.3 Å². The third kappa shape index (κ3) is 5.55. The number of nitrogens with zero attached hydrogens (tertiary/aromatic N) is 1. The molecule has 1 atom stereocenters. The molecule has 1 heterocycles. The minimum absolute atomic E-state index is 0.0119. The highest BCUT2D eigenvalue weighted by Gasteiger charge is 2.31. The molecular weight excluding hydrogens is 342 g/mol. The highest BCUT2D eigenvalue weighted by atomic mass is 16.2. The van der Waals surface area contributed by atoms with Gasteiger partial charge in [0.25, 0.3) is 0 Å². The van der Waals surface area contributed by atoms with Crippen molar-refractivity contribution in [2.45, 2.75) is 58.0 Å². The Balaban J connectivity index is 1.55. The summed E-state index contributed by atoms with van der Waals surface area (Å²) in [4.78, 5) is 38.3. The molecule has 2 N–H and O–H groups in total. The monoisotopic (exact) mass is 371 g/mol. The molecule has 3 rings (SSSR count). The molecular formula is C21H29N3O3. The lowest BCUT2D eigenvalue weighted by atomic mass is 9.95. The van der Waals surface area contributed by atoms with Crippen molar-refractivity contribution in [3.63, 3.8) is 0 Å². The van der Waals surface area contributed by atoms with E-state index in [0.29, 0.717) is 32.0 Å². The fourth-order valence-electron chi connectivity index (χ4n) is 3.54. The Morgan fingerprint density at radius 1 is 1.07 bits per heavy atom. The van der Waals surface area contributed by atoms with E-state index in [-0.39, 0.29) is 36.1 Å². The van der Waals surface area contributed by atoms with E-state index >= 15 is 0 Å². The predicted octanol–water partition coefficient (Wildman–Crippen LogP) is 2.08. The van der Waals surface area contributed by atoms with E-state index in [1.54, 1.807) is 0 Å². The molecule has 0 aromatic heterocycles. The summed E-state index contributed by atoms with van der Waals surface area (Å²) in [7, 11) is 0. The highest BCUT2D eigenvalue weighted by molar-refractivity contribution is 5.81. The maximum Gasteiger partial charge on any atom is 0.224 e. The van der Waals surface area contributed by atoms with Crippen molar-refractivity contribution in [1.29, 1.82) is 0 Å². The van der Waals surface area contributed by atoms with E-state index in [4.69, 9.17) is 0 Å². The van der Waals surface area contributed by atoms with E-state index in [0.717, 1.165) is 24.0 Å². The summed E-state index contributed by atoms with van der Waals surface area (Å²) in [5.41, 5.74) is 2.07. The van der Waals surface area contributed by atoms with Crippen LogP contribution in [0.3, 0.4) is 0 Å². The van der Waals surface area contributed by atoms with Crippen molar-refractivity contribution in [1.82, 2.24) is 15.5 Å². The second kappa shape index (κ2) is 8.55. The first-order valence-corrected chi connectivity index (χ1v) is 9.84. The molecule has 6 heteroatoms. The summed E-state index contributed by atoms with van der Waals surface area (Å²) in [6, 6.07) is 7.93. The Bertz CT molecular complexity index is 689. The third-order valence-corrected chi connectivity index (χ3v) is 5.38. The van der Waals surface area contributed by atoms with E-state index in [9.17, 15) is 14.4 Å². The van der Waals surface area contributed by atoms with Crippen molar-refractivity contribution in [2.75, 3.05) is 13.1 Å². The normalized spacial score (nSPS) is 18.7. The first-order valence-electron chi connectivity index (χ1n) is 9.84. The number of rotatable bonds is 6. The molecule has 1 aliphatic carbocycles. The maximum atomic E-state index is 12.8. The average Bonchev–Trinajstić information content (AvgIpc) is 3.45. The molecule has 27 heavy (non-hydrogen) atoms.